The fraction of sp³-hybridized carbons (Fsp3) is 0.333. The minimum atomic E-state index is -0.541. The van der Waals surface area contributed by atoms with Crippen molar-refractivity contribution in [2.45, 2.75) is 13.0 Å². The van der Waals surface area contributed by atoms with Crippen LogP contribution in [0, 0.1) is 0 Å². The molecule has 1 amide bonds. The van der Waals surface area contributed by atoms with Gasteiger partial charge in [-0.1, -0.05) is 17.7 Å². The Kier molecular flexibility index (Phi) is 6.34. The highest BCUT2D eigenvalue weighted by atomic mass is 35.5. The van der Waals surface area contributed by atoms with Gasteiger partial charge in [-0.15, -0.1) is 0 Å². The number of hydrogen-bond donors (Lipinski definition) is 1. The Hall–Kier alpha value is -3.17. The number of aromatic amines is 1. The number of halogens is 1. The molecule has 0 aliphatic carbocycles. The largest absolute Gasteiger partial charge is 0.444 e. The van der Waals surface area contributed by atoms with Gasteiger partial charge in [-0.25, -0.2) is 14.6 Å². The van der Waals surface area contributed by atoms with E-state index < -0.39 is 5.76 Å². The summed E-state index contributed by atoms with van der Waals surface area (Å²) in [4.78, 5) is 46.3. The minimum Gasteiger partial charge on any atom is -0.444 e. The van der Waals surface area contributed by atoms with Crippen LogP contribution < -0.4 is 5.76 Å². The molecule has 2 aromatic heterocycles. The second-order valence-electron chi connectivity index (χ2n) is 7.27. The highest BCUT2D eigenvalue weighted by molar-refractivity contribution is 6.29. The van der Waals surface area contributed by atoms with Gasteiger partial charge < -0.3 is 14.1 Å². The molecule has 0 saturated carbocycles. The summed E-state index contributed by atoms with van der Waals surface area (Å²) in [5, 5.41) is 0.390. The molecule has 1 aliphatic heterocycles. The Morgan fingerprint density at radius 1 is 1.16 bits per heavy atom. The molecule has 0 atom stereocenters. The molecule has 3 aromatic rings. The Balaban J connectivity index is 1.21. The van der Waals surface area contributed by atoms with Crippen molar-refractivity contribution in [2.24, 2.45) is 0 Å². The molecule has 0 radical (unpaired) electrons. The van der Waals surface area contributed by atoms with Gasteiger partial charge in [0.15, 0.2) is 11.4 Å². The van der Waals surface area contributed by atoms with Crippen molar-refractivity contribution in [3.05, 3.63) is 63.4 Å². The number of carbonyl (C=O) groups is 2. The number of carbonyl (C=O) groups excluding carboxylic acids is 2. The summed E-state index contributed by atoms with van der Waals surface area (Å²) in [5.74, 6) is -0.565. The monoisotopic (exact) mass is 444 g/mol. The third-order valence-corrected chi connectivity index (χ3v) is 5.40. The number of ether oxygens (including phenoxy) is 1. The summed E-state index contributed by atoms with van der Waals surface area (Å²) in [6.45, 7) is 3.13. The molecular weight excluding hydrogens is 424 g/mol. The normalized spacial score (nSPS) is 14.7. The predicted molar refractivity (Wildman–Crippen MR) is 113 cm³/mol. The van der Waals surface area contributed by atoms with Gasteiger partial charge in [0.1, 0.15) is 11.8 Å². The average molecular weight is 445 g/mol. The number of rotatable bonds is 6. The van der Waals surface area contributed by atoms with Gasteiger partial charge in [0.25, 0.3) is 0 Å². The third kappa shape index (κ3) is 5.31. The van der Waals surface area contributed by atoms with Crippen molar-refractivity contribution in [1.82, 2.24) is 19.8 Å². The Morgan fingerprint density at radius 2 is 1.97 bits per heavy atom. The number of Topliss-reactive ketones (excluding diaryl/α,β-unsaturated/α-hetero) is 1. The number of aromatic nitrogens is 2. The highest BCUT2D eigenvalue weighted by Gasteiger charge is 2.22. The SMILES string of the molecule is O=C(CCN1CCN(C(=O)OCc2ccc(Cl)nc2)CC1)c1ccc2[nH]c(=O)oc2c1. The highest BCUT2D eigenvalue weighted by Crippen LogP contribution is 2.15. The van der Waals surface area contributed by atoms with Gasteiger partial charge in [-0.3, -0.25) is 14.7 Å². The number of ketones is 1. The van der Waals surface area contributed by atoms with Crippen LogP contribution in [0.5, 0.6) is 0 Å². The minimum absolute atomic E-state index is 0.0239. The van der Waals surface area contributed by atoms with Crippen LogP contribution in [-0.4, -0.2) is 64.4 Å². The lowest BCUT2D eigenvalue weighted by atomic mass is 10.1. The van der Waals surface area contributed by atoms with Crippen molar-refractivity contribution in [3.63, 3.8) is 0 Å². The van der Waals surface area contributed by atoms with Gasteiger partial charge >= 0.3 is 11.8 Å². The lowest BCUT2D eigenvalue weighted by Crippen LogP contribution is -2.49. The van der Waals surface area contributed by atoms with E-state index in [-0.39, 0.29) is 18.5 Å². The fourth-order valence-electron chi connectivity index (χ4n) is 3.41. The molecule has 0 bridgehead atoms. The maximum Gasteiger partial charge on any atom is 0.417 e. The molecule has 1 N–H and O–H groups in total. The summed E-state index contributed by atoms with van der Waals surface area (Å²) < 4.78 is 10.3. The maximum atomic E-state index is 12.5. The van der Waals surface area contributed by atoms with Gasteiger partial charge in [0, 0.05) is 56.5 Å². The number of amides is 1. The first-order chi connectivity index (χ1) is 15.0. The van der Waals surface area contributed by atoms with Crippen molar-refractivity contribution in [1.29, 1.82) is 0 Å². The molecule has 1 aliphatic rings. The van der Waals surface area contributed by atoms with E-state index in [0.717, 1.165) is 5.56 Å². The number of hydrogen-bond acceptors (Lipinski definition) is 7. The van der Waals surface area contributed by atoms with Crippen LogP contribution in [0.15, 0.2) is 45.7 Å². The van der Waals surface area contributed by atoms with Crippen LogP contribution in [-0.2, 0) is 11.3 Å². The van der Waals surface area contributed by atoms with Crippen molar-refractivity contribution in [3.8, 4) is 0 Å². The van der Waals surface area contributed by atoms with E-state index in [1.807, 2.05) is 0 Å². The van der Waals surface area contributed by atoms with Crippen LogP contribution in [0.3, 0.4) is 0 Å². The number of piperazine rings is 1. The summed E-state index contributed by atoms with van der Waals surface area (Å²) >= 11 is 5.74. The molecule has 0 spiro atoms. The van der Waals surface area contributed by atoms with E-state index in [1.54, 1.807) is 41.4 Å². The molecule has 1 saturated heterocycles. The van der Waals surface area contributed by atoms with Crippen LogP contribution in [0.2, 0.25) is 5.15 Å². The predicted octanol–water partition coefficient (Wildman–Crippen LogP) is 2.70. The Labute approximate surface area is 182 Å². The third-order valence-electron chi connectivity index (χ3n) is 5.18. The van der Waals surface area contributed by atoms with E-state index in [2.05, 4.69) is 14.9 Å². The molecule has 10 heteroatoms. The lowest BCUT2D eigenvalue weighted by molar-refractivity contribution is 0.0696. The number of nitrogens with zero attached hydrogens (tertiary/aromatic N) is 3. The van der Waals surface area contributed by atoms with Crippen molar-refractivity contribution >= 4 is 34.6 Å². The second-order valence-corrected chi connectivity index (χ2v) is 7.66. The quantitative estimate of drug-likeness (QED) is 0.460. The zero-order chi connectivity index (χ0) is 21.8. The Morgan fingerprint density at radius 3 is 2.71 bits per heavy atom. The number of oxazole rings is 1. The van der Waals surface area contributed by atoms with Crippen LogP contribution in [0.1, 0.15) is 22.3 Å². The molecule has 9 nitrogen and oxygen atoms in total. The van der Waals surface area contributed by atoms with E-state index >= 15 is 0 Å². The number of H-pyrrole nitrogens is 1. The summed E-state index contributed by atoms with van der Waals surface area (Å²) in [5.41, 5.74) is 2.22. The topological polar surface area (TPSA) is 109 Å². The summed E-state index contributed by atoms with van der Waals surface area (Å²) in [6.07, 6.45) is 1.55. The summed E-state index contributed by atoms with van der Waals surface area (Å²) in [6, 6.07) is 8.34. The fourth-order valence-corrected chi connectivity index (χ4v) is 3.52. The first-order valence-electron chi connectivity index (χ1n) is 9.88. The standard InChI is InChI=1S/C21H21ClN4O5/c22-19-4-1-14(12-23-19)13-30-21(29)26-9-7-25(8-10-26)6-5-17(27)15-2-3-16-18(11-15)31-20(28)24-16/h1-4,11-12H,5-10,13H2,(H,24,28). The average Bonchev–Trinajstić information content (AvgIpc) is 3.16. The van der Waals surface area contributed by atoms with Gasteiger partial charge in [-0.2, -0.15) is 0 Å². The summed E-state index contributed by atoms with van der Waals surface area (Å²) in [7, 11) is 0. The van der Waals surface area contributed by atoms with E-state index in [1.165, 1.54) is 0 Å². The smallest absolute Gasteiger partial charge is 0.417 e. The lowest BCUT2D eigenvalue weighted by Gasteiger charge is -2.33. The van der Waals surface area contributed by atoms with Gasteiger partial charge in [-0.05, 0) is 24.3 Å². The van der Waals surface area contributed by atoms with E-state index in [4.69, 9.17) is 20.8 Å². The number of nitrogens with one attached hydrogen (secondary N) is 1. The molecule has 4 rings (SSSR count). The Bertz CT molecular complexity index is 1130. The van der Waals surface area contributed by atoms with Crippen LogP contribution >= 0.6 is 11.6 Å². The van der Waals surface area contributed by atoms with Crippen LogP contribution in [0.25, 0.3) is 11.1 Å². The first kappa shape index (κ1) is 21.1. The first-order valence-corrected chi connectivity index (χ1v) is 10.3. The maximum absolute atomic E-state index is 12.5. The zero-order valence-electron chi connectivity index (χ0n) is 16.7. The van der Waals surface area contributed by atoms with Crippen molar-refractivity contribution in [2.75, 3.05) is 32.7 Å². The second kappa shape index (κ2) is 9.32. The zero-order valence-corrected chi connectivity index (χ0v) is 17.4. The molecule has 1 fully saturated rings. The molecular formula is C21H21ClN4O5. The molecule has 31 heavy (non-hydrogen) atoms. The van der Waals surface area contributed by atoms with E-state index in [9.17, 15) is 14.4 Å². The number of benzene rings is 1. The van der Waals surface area contributed by atoms with Gasteiger partial charge in [0.05, 0.1) is 5.52 Å². The van der Waals surface area contributed by atoms with E-state index in [0.29, 0.717) is 61.0 Å². The van der Waals surface area contributed by atoms with Crippen LogP contribution in [0.4, 0.5) is 4.79 Å². The number of fused-ring (bicyclic) bond motifs is 1. The molecule has 0 unspecified atom stereocenters. The molecule has 162 valence electrons. The molecule has 1 aromatic carbocycles. The van der Waals surface area contributed by atoms with Gasteiger partial charge in [0.2, 0.25) is 0 Å². The number of pyridine rings is 1. The van der Waals surface area contributed by atoms with Crippen molar-refractivity contribution < 1.29 is 18.7 Å². The molecule has 3 heterocycles.